The zero-order chi connectivity index (χ0) is 7.40. The van der Waals surface area contributed by atoms with Gasteiger partial charge < -0.3 is 0 Å². The average molecular weight is 205 g/mol. The minimum atomic E-state index is 0.831. The van der Waals surface area contributed by atoms with Crippen molar-refractivity contribution >= 4 is 15.9 Å². The number of hydrogen-bond donors (Lipinski definition) is 0. The highest BCUT2D eigenvalue weighted by Gasteiger charge is 2.18. The summed E-state index contributed by atoms with van der Waals surface area (Å²) in [6.07, 6.45) is 8.57. The number of rotatable bonds is 2. The van der Waals surface area contributed by atoms with E-state index >= 15 is 0 Å². The summed E-state index contributed by atoms with van der Waals surface area (Å²) < 4.78 is 0. The third-order valence-corrected chi connectivity index (χ3v) is 3.25. The Hall–Kier alpha value is 0.480. The molecule has 10 heavy (non-hydrogen) atoms. The van der Waals surface area contributed by atoms with Crippen LogP contribution in [-0.2, 0) is 0 Å². The summed E-state index contributed by atoms with van der Waals surface area (Å²) >= 11 is 3.70. The maximum Gasteiger partial charge on any atom is 0.0148 e. The molecule has 0 aromatic carbocycles. The van der Waals surface area contributed by atoms with E-state index in [4.69, 9.17) is 0 Å². The highest BCUT2D eigenvalue weighted by Crippen LogP contribution is 2.31. The van der Waals surface area contributed by atoms with Crippen LogP contribution in [0.5, 0.6) is 0 Å². The van der Waals surface area contributed by atoms with E-state index in [1.165, 1.54) is 38.5 Å². The second-order valence-electron chi connectivity index (χ2n) is 3.42. The molecule has 1 rings (SSSR count). The van der Waals surface area contributed by atoms with Crippen molar-refractivity contribution in [3.63, 3.8) is 0 Å². The lowest BCUT2D eigenvalue weighted by molar-refractivity contribution is 0.346. The monoisotopic (exact) mass is 204 g/mol. The molecule has 0 N–H and O–H groups in total. The summed E-state index contributed by atoms with van der Waals surface area (Å²) in [5.74, 6) is 1.03. The lowest BCUT2D eigenvalue weighted by atomic mass is 9.86. The van der Waals surface area contributed by atoms with Gasteiger partial charge >= 0.3 is 0 Å². The zero-order valence-electron chi connectivity index (χ0n) is 6.78. The summed E-state index contributed by atoms with van der Waals surface area (Å²) in [6.45, 7) is 2.29. The fraction of sp³-hybridized carbons (Fsp3) is 1.00. The normalized spacial score (nSPS) is 34.2. The molecule has 0 aliphatic heterocycles. The molecule has 1 saturated carbocycles. The van der Waals surface area contributed by atoms with Gasteiger partial charge in [0.05, 0.1) is 0 Å². The summed E-state index contributed by atoms with van der Waals surface area (Å²) in [7, 11) is 0. The fourth-order valence-corrected chi connectivity index (χ4v) is 2.75. The molecule has 0 bridgehead atoms. The molecule has 1 aliphatic rings. The minimum Gasteiger partial charge on any atom is -0.0891 e. The quantitative estimate of drug-likeness (QED) is 0.602. The Kier molecular flexibility index (Phi) is 3.75. The number of hydrogen-bond acceptors (Lipinski definition) is 0. The van der Waals surface area contributed by atoms with E-state index in [0.717, 1.165) is 10.7 Å². The molecule has 2 atom stereocenters. The molecule has 0 radical (unpaired) electrons. The highest BCUT2D eigenvalue weighted by molar-refractivity contribution is 9.09. The molecule has 0 aromatic heterocycles. The molecule has 1 aliphatic carbocycles. The van der Waals surface area contributed by atoms with Crippen molar-refractivity contribution in [3.8, 4) is 0 Å². The first kappa shape index (κ1) is 8.58. The third kappa shape index (κ3) is 2.61. The Labute approximate surface area is 72.5 Å². The van der Waals surface area contributed by atoms with Crippen LogP contribution >= 0.6 is 15.9 Å². The molecule has 0 heterocycles. The van der Waals surface area contributed by atoms with Crippen LogP contribution in [0.2, 0.25) is 0 Å². The Morgan fingerprint density at radius 2 is 2.20 bits per heavy atom. The molecule has 0 saturated heterocycles. The van der Waals surface area contributed by atoms with Gasteiger partial charge in [-0.25, -0.2) is 0 Å². The maximum absolute atomic E-state index is 3.70. The maximum atomic E-state index is 3.70. The van der Waals surface area contributed by atoms with Gasteiger partial charge in [0.1, 0.15) is 0 Å². The first-order chi connectivity index (χ1) is 4.83. The average Bonchev–Trinajstić information content (AvgIpc) is 1.88. The van der Waals surface area contributed by atoms with Crippen molar-refractivity contribution < 1.29 is 0 Å². The SMILES string of the molecule is CCCC1CCCC(Br)C1. The van der Waals surface area contributed by atoms with Crippen LogP contribution in [0.15, 0.2) is 0 Å². The topological polar surface area (TPSA) is 0 Å². The fourth-order valence-electron chi connectivity index (χ4n) is 1.90. The lowest BCUT2D eigenvalue weighted by Gasteiger charge is -2.24. The summed E-state index contributed by atoms with van der Waals surface area (Å²) in [4.78, 5) is 0.831. The Balaban J connectivity index is 2.18. The van der Waals surface area contributed by atoms with Gasteiger partial charge in [-0.15, -0.1) is 0 Å². The van der Waals surface area contributed by atoms with Gasteiger partial charge in [-0.05, 0) is 18.8 Å². The summed E-state index contributed by atoms with van der Waals surface area (Å²) in [5.41, 5.74) is 0. The molecule has 1 fully saturated rings. The lowest BCUT2D eigenvalue weighted by Crippen LogP contribution is -2.14. The van der Waals surface area contributed by atoms with Crippen molar-refractivity contribution in [2.45, 2.75) is 50.3 Å². The van der Waals surface area contributed by atoms with E-state index in [-0.39, 0.29) is 0 Å². The summed E-state index contributed by atoms with van der Waals surface area (Å²) in [6, 6.07) is 0. The smallest absolute Gasteiger partial charge is 0.0148 e. The van der Waals surface area contributed by atoms with Crippen molar-refractivity contribution in [1.29, 1.82) is 0 Å². The van der Waals surface area contributed by atoms with E-state index in [2.05, 4.69) is 22.9 Å². The molecular formula is C9H17Br. The Morgan fingerprint density at radius 1 is 1.40 bits per heavy atom. The van der Waals surface area contributed by atoms with Gasteiger partial charge in [0.2, 0.25) is 0 Å². The second-order valence-corrected chi connectivity index (χ2v) is 4.71. The van der Waals surface area contributed by atoms with Crippen LogP contribution in [0.3, 0.4) is 0 Å². The van der Waals surface area contributed by atoms with Crippen molar-refractivity contribution in [2.75, 3.05) is 0 Å². The molecule has 0 aromatic rings. The molecule has 0 nitrogen and oxygen atoms in total. The van der Waals surface area contributed by atoms with Crippen LogP contribution in [0.25, 0.3) is 0 Å². The van der Waals surface area contributed by atoms with Crippen LogP contribution in [0, 0.1) is 5.92 Å². The molecule has 1 heteroatoms. The van der Waals surface area contributed by atoms with Gasteiger partial charge in [-0.3, -0.25) is 0 Å². The number of halogens is 1. The van der Waals surface area contributed by atoms with Gasteiger partial charge in [0.15, 0.2) is 0 Å². The first-order valence-corrected chi connectivity index (χ1v) is 5.38. The highest BCUT2D eigenvalue weighted by atomic mass is 79.9. The predicted molar refractivity (Wildman–Crippen MR) is 49.6 cm³/mol. The first-order valence-electron chi connectivity index (χ1n) is 4.47. The van der Waals surface area contributed by atoms with E-state index in [1.807, 2.05) is 0 Å². The predicted octanol–water partition coefficient (Wildman–Crippen LogP) is 3.74. The van der Waals surface area contributed by atoms with Crippen molar-refractivity contribution in [1.82, 2.24) is 0 Å². The van der Waals surface area contributed by atoms with Gasteiger partial charge in [-0.1, -0.05) is 48.5 Å². The van der Waals surface area contributed by atoms with E-state index in [1.54, 1.807) is 0 Å². The van der Waals surface area contributed by atoms with Crippen LogP contribution < -0.4 is 0 Å². The van der Waals surface area contributed by atoms with E-state index < -0.39 is 0 Å². The third-order valence-electron chi connectivity index (χ3n) is 2.42. The van der Waals surface area contributed by atoms with Crippen LogP contribution in [0.4, 0.5) is 0 Å². The Bertz CT molecular complexity index is 88.7. The molecule has 0 spiro atoms. The molecule has 60 valence electrons. The zero-order valence-corrected chi connectivity index (χ0v) is 8.36. The molecule has 0 amide bonds. The van der Waals surface area contributed by atoms with Gasteiger partial charge in [0, 0.05) is 4.83 Å². The number of alkyl halides is 1. The molecule has 2 unspecified atom stereocenters. The standard InChI is InChI=1S/C9H17Br/c1-2-4-8-5-3-6-9(10)7-8/h8-9H,2-7H2,1H3. The molecular weight excluding hydrogens is 188 g/mol. The van der Waals surface area contributed by atoms with Crippen molar-refractivity contribution in [2.24, 2.45) is 5.92 Å². The summed E-state index contributed by atoms with van der Waals surface area (Å²) in [5, 5.41) is 0. The van der Waals surface area contributed by atoms with E-state index in [0.29, 0.717) is 0 Å². The van der Waals surface area contributed by atoms with Gasteiger partial charge in [-0.2, -0.15) is 0 Å². The van der Waals surface area contributed by atoms with Crippen LogP contribution in [-0.4, -0.2) is 4.83 Å². The minimum absolute atomic E-state index is 0.831. The van der Waals surface area contributed by atoms with Crippen molar-refractivity contribution in [3.05, 3.63) is 0 Å². The second kappa shape index (κ2) is 4.38. The Morgan fingerprint density at radius 3 is 2.80 bits per heavy atom. The largest absolute Gasteiger partial charge is 0.0891 e. The van der Waals surface area contributed by atoms with Crippen LogP contribution in [0.1, 0.15) is 45.4 Å². The van der Waals surface area contributed by atoms with E-state index in [9.17, 15) is 0 Å². The van der Waals surface area contributed by atoms with Gasteiger partial charge in [0.25, 0.3) is 0 Å².